The largest absolute Gasteiger partial charge is 0.494 e. The molecule has 3 heterocycles. The van der Waals surface area contributed by atoms with Crippen LogP contribution in [0.4, 0.5) is 10.5 Å². The molecule has 10 heteroatoms. The van der Waals surface area contributed by atoms with Crippen molar-refractivity contribution in [3.05, 3.63) is 58.6 Å². The van der Waals surface area contributed by atoms with Crippen LogP contribution in [0, 0.1) is 0 Å². The van der Waals surface area contributed by atoms with Crippen LogP contribution in [0.2, 0.25) is 10.0 Å². The van der Waals surface area contributed by atoms with Crippen molar-refractivity contribution in [3.8, 4) is 11.6 Å². The Morgan fingerprint density at radius 2 is 1.68 bits per heavy atom. The van der Waals surface area contributed by atoms with Gasteiger partial charge in [-0.2, -0.15) is 0 Å². The summed E-state index contributed by atoms with van der Waals surface area (Å²) in [5.74, 6) is 1.19. The average Bonchev–Trinajstić information content (AvgIpc) is 2.99. The van der Waals surface area contributed by atoms with Gasteiger partial charge in [0.15, 0.2) is 0 Å². The standard InChI is InChI=1S/C30H36Cl2N4O4/c31-25-7-6-8-27(29(25)32)35-18-16-34(17-19-35)13-4-5-20-38-24-11-9-23-10-12-28(33-26(23)21-24)39-22-40-30(37)36-14-2-1-3-15-36/h6-12,21H,1-5,13-20,22H2. The third kappa shape index (κ3) is 7.62. The minimum atomic E-state index is -0.333. The molecule has 2 saturated heterocycles. The van der Waals surface area contributed by atoms with E-state index in [1.165, 1.54) is 0 Å². The number of amides is 1. The van der Waals surface area contributed by atoms with Gasteiger partial charge in [-0.25, -0.2) is 9.78 Å². The second kappa shape index (κ2) is 14.1. The maximum atomic E-state index is 12.1. The second-order valence-corrected chi connectivity index (χ2v) is 11.0. The van der Waals surface area contributed by atoms with Gasteiger partial charge in [-0.1, -0.05) is 29.3 Å². The lowest BCUT2D eigenvalue weighted by Crippen LogP contribution is -2.46. The molecule has 1 aromatic heterocycles. The van der Waals surface area contributed by atoms with Crippen molar-refractivity contribution >= 4 is 45.9 Å². The summed E-state index contributed by atoms with van der Waals surface area (Å²) in [7, 11) is 0. The van der Waals surface area contributed by atoms with E-state index >= 15 is 0 Å². The second-order valence-electron chi connectivity index (χ2n) is 10.2. The number of likely N-dealkylation sites (tertiary alicyclic amines) is 1. The maximum Gasteiger partial charge on any atom is 0.412 e. The van der Waals surface area contributed by atoms with Crippen molar-refractivity contribution < 1.29 is 19.0 Å². The molecule has 0 aliphatic carbocycles. The first-order chi connectivity index (χ1) is 19.6. The summed E-state index contributed by atoms with van der Waals surface area (Å²) in [5, 5.41) is 2.22. The van der Waals surface area contributed by atoms with E-state index in [2.05, 4.69) is 14.8 Å². The normalized spacial score (nSPS) is 16.2. The fraction of sp³-hybridized carbons (Fsp3) is 0.467. The Labute approximate surface area is 245 Å². The zero-order valence-corrected chi connectivity index (χ0v) is 24.2. The third-order valence-electron chi connectivity index (χ3n) is 7.42. The molecule has 2 aromatic carbocycles. The minimum Gasteiger partial charge on any atom is -0.494 e. The Hall–Kier alpha value is -2.94. The SMILES string of the molecule is O=C(OCOc1ccc2ccc(OCCCCN3CCN(c4cccc(Cl)c4Cl)CC3)cc2n1)N1CCCCC1. The molecule has 0 bridgehead atoms. The number of fused-ring (bicyclic) bond motifs is 1. The predicted octanol–water partition coefficient (Wildman–Crippen LogP) is 6.48. The maximum absolute atomic E-state index is 12.1. The molecule has 0 unspecified atom stereocenters. The summed E-state index contributed by atoms with van der Waals surface area (Å²) in [6.45, 7) is 6.90. The summed E-state index contributed by atoms with van der Waals surface area (Å²) in [4.78, 5) is 23.2. The van der Waals surface area contributed by atoms with E-state index in [0.717, 1.165) is 100 Å². The van der Waals surface area contributed by atoms with Gasteiger partial charge < -0.3 is 24.0 Å². The van der Waals surface area contributed by atoms with Gasteiger partial charge in [-0.15, -0.1) is 0 Å². The Balaban J connectivity index is 1.01. The first-order valence-corrected chi connectivity index (χ1v) is 14.8. The molecular weight excluding hydrogens is 551 g/mol. The molecule has 2 fully saturated rings. The number of anilines is 1. The lowest BCUT2D eigenvalue weighted by Gasteiger charge is -2.36. The monoisotopic (exact) mass is 586 g/mol. The van der Waals surface area contributed by atoms with Gasteiger partial charge in [0.05, 0.1) is 27.9 Å². The van der Waals surface area contributed by atoms with Crippen LogP contribution in [-0.2, 0) is 4.74 Å². The molecule has 8 nitrogen and oxygen atoms in total. The van der Waals surface area contributed by atoms with E-state index < -0.39 is 0 Å². The van der Waals surface area contributed by atoms with Gasteiger partial charge >= 0.3 is 6.09 Å². The number of hydrogen-bond acceptors (Lipinski definition) is 7. The molecule has 0 radical (unpaired) electrons. The number of aromatic nitrogens is 1. The summed E-state index contributed by atoms with van der Waals surface area (Å²) < 4.78 is 16.9. The minimum absolute atomic E-state index is 0.159. The average molecular weight is 588 g/mol. The van der Waals surface area contributed by atoms with Crippen LogP contribution < -0.4 is 14.4 Å². The van der Waals surface area contributed by atoms with E-state index in [-0.39, 0.29) is 12.9 Å². The number of pyridine rings is 1. The number of ether oxygens (including phenoxy) is 3. The van der Waals surface area contributed by atoms with Gasteiger partial charge in [-0.05, 0) is 69.0 Å². The van der Waals surface area contributed by atoms with E-state index in [1.54, 1.807) is 11.0 Å². The van der Waals surface area contributed by atoms with Gasteiger partial charge in [-0.3, -0.25) is 4.90 Å². The van der Waals surface area contributed by atoms with E-state index in [9.17, 15) is 4.79 Å². The number of piperazine rings is 1. The number of carbonyl (C=O) groups is 1. The number of hydrogen-bond donors (Lipinski definition) is 0. The van der Waals surface area contributed by atoms with Crippen LogP contribution in [0.3, 0.4) is 0 Å². The highest BCUT2D eigenvalue weighted by Crippen LogP contribution is 2.33. The molecule has 2 aliphatic heterocycles. The Morgan fingerprint density at radius 1 is 0.875 bits per heavy atom. The summed E-state index contributed by atoms with van der Waals surface area (Å²) in [5.41, 5.74) is 1.79. The predicted molar refractivity (Wildman–Crippen MR) is 159 cm³/mol. The molecule has 40 heavy (non-hydrogen) atoms. The zero-order chi connectivity index (χ0) is 27.7. The molecule has 2 aliphatic rings. The van der Waals surface area contributed by atoms with Crippen LogP contribution in [0.1, 0.15) is 32.1 Å². The number of rotatable bonds is 10. The Kier molecular flexibility index (Phi) is 10.1. The van der Waals surface area contributed by atoms with Crippen molar-refractivity contribution in [1.82, 2.24) is 14.8 Å². The molecule has 0 spiro atoms. The summed E-state index contributed by atoms with van der Waals surface area (Å²) in [6, 6.07) is 15.4. The van der Waals surface area contributed by atoms with Crippen molar-refractivity contribution in [1.29, 1.82) is 0 Å². The first kappa shape index (κ1) is 28.6. The number of halogens is 2. The first-order valence-electron chi connectivity index (χ1n) is 14.1. The van der Waals surface area contributed by atoms with Gasteiger partial charge in [0, 0.05) is 56.8 Å². The van der Waals surface area contributed by atoms with Crippen LogP contribution in [0.25, 0.3) is 10.9 Å². The molecule has 5 rings (SSSR count). The highest BCUT2D eigenvalue weighted by Gasteiger charge is 2.20. The molecule has 0 N–H and O–H groups in total. The van der Waals surface area contributed by atoms with Crippen LogP contribution in [-0.4, -0.2) is 80.1 Å². The molecule has 214 valence electrons. The summed E-state index contributed by atoms with van der Waals surface area (Å²) in [6.07, 6.45) is 4.90. The van der Waals surface area contributed by atoms with E-state index in [0.29, 0.717) is 22.5 Å². The van der Waals surface area contributed by atoms with E-state index in [4.69, 9.17) is 37.4 Å². The molecule has 0 saturated carbocycles. The van der Waals surface area contributed by atoms with E-state index in [1.807, 2.05) is 42.5 Å². The molecule has 3 aromatic rings. The Bertz CT molecular complexity index is 1280. The summed E-state index contributed by atoms with van der Waals surface area (Å²) >= 11 is 12.6. The smallest absolute Gasteiger partial charge is 0.412 e. The number of unbranched alkanes of at least 4 members (excludes halogenated alkanes) is 1. The van der Waals surface area contributed by atoms with Crippen molar-refractivity contribution in [2.75, 3.05) is 64.1 Å². The number of nitrogens with zero attached hydrogens (tertiary/aromatic N) is 4. The number of piperidine rings is 1. The number of benzene rings is 2. The fourth-order valence-electron chi connectivity index (χ4n) is 5.13. The fourth-order valence-corrected chi connectivity index (χ4v) is 5.55. The molecule has 0 atom stereocenters. The highest BCUT2D eigenvalue weighted by atomic mass is 35.5. The van der Waals surface area contributed by atoms with Gasteiger partial charge in [0.1, 0.15) is 5.75 Å². The van der Waals surface area contributed by atoms with Crippen LogP contribution in [0.5, 0.6) is 11.6 Å². The zero-order valence-electron chi connectivity index (χ0n) is 22.7. The van der Waals surface area contributed by atoms with Crippen molar-refractivity contribution in [3.63, 3.8) is 0 Å². The molecular formula is C30H36Cl2N4O4. The van der Waals surface area contributed by atoms with Crippen molar-refractivity contribution in [2.45, 2.75) is 32.1 Å². The Morgan fingerprint density at radius 3 is 2.50 bits per heavy atom. The third-order valence-corrected chi connectivity index (χ3v) is 8.23. The number of carbonyl (C=O) groups excluding carboxylic acids is 1. The lowest BCUT2D eigenvalue weighted by atomic mass is 10.1. The molecule has 1 amide bonds. The quantitative estimate of drug-likeness (QED) is 0.199. The van der Waals surface area contributed by atoms with Gasteiger partial charge in [0.2, 0.25) is 12.7 Å². The van der Waals surface area contributed by atoms with Gasteiger partial charge in [0.25, 0.3) is 0 Å². The highest BCUT2D eigenvalue weighted by molar-refractivity contribution is 6.43. The van der Waals surface area contributed by atoms with Crippen molar-refractivity contribution in [2.24, 2.45) is 0 Å². The topological polar surface area (TPSA) is 67.4 Å². The van der Waals surface area contributed by atoms with Crippen LogP contribution in [0.15, 0.2) is 48.5 Å². The lowest BCUT2D eigenvalue weighted by molar-refractivity contribution is 0.0298. The van der Waals surface area contributed by atoms with Crippen LogP contribution >= 0.6 is 23.2 Å².